The van der Waals surface area contributed by atoms with Gasteiger partial charge in [-0.25, -0.2) is 9.59 Å². The van der Waals surface area contributed by atoms with Gasteiger partial charge in [-0.1, -0.05) is 48.0 Å². The maximum atomic E-state index is 13.7. The summed E-state index contributed by atoms with van der Waals surface area (Å²) in [5, 5.41) is 23.8. The molecular weight excluding hydrogens is 546 g/mol. The number of benzene rings is 3. The van der Waals surface area contributed by atoms with Crippen molar-refractivity contribution >= 4 is 52.2 Å². The molecule has 12 heteroatoms. The summed E-state index contributed by atoms with van der Waals surface area (Å²) in [4.78, 5) is 37.4. The van der Waals surface area contributed by atoms with Gasteiger partial charge in [0.2, 0.25) is 0 Å². The van der Waals surface area contributed by atoms with Crippen molar-refractivity contribution in [1.29, 1.82) is 0 Å². The number of nitro groups is 1. The van der Waals surface area contributed by atoms with Crippen molar-refractivity contribution in [2.24, 2.45) is 16.1 Å². The van der Waals surface area contributed by atoms with E-state index in [4.69, 9.17) is 19.7 Å². The average Bonchev–Trinajstić information content (AvgIpc) is 3.69. The van der Waals surface area contributed by atoms with Gasteiger partial charge >= 0.3 is 11.9 Å². The van der Waals surface area contributed by atoms with E-state index in [1.165, 1.54) is 23.9 Å². The van der Waals surface area contributed by atoms with Crippen LogP contribution in [-0.4, -0.2) is 51.1 Å². The zero-order valence-electron chi connectivity index (χ0n) is 21.7. The van der Waals surface area contributed by atoms with Gasteiger partial charge in [0.25, 0.3) is 5.69 Å². The molecule has 1 spiro atoms. The molecule has 4 heterocycles. The number of thioether (sulfide) groups is 1. The number of rotatable bonds is 6. The van der Waals surface area contributed by atoms with E-state index in [0.717, 1.165) is 16.8 Å². The van der Waals surface area contributed by atoms with Crippen molar-refractivity contribution in [3.8, 4) is 0 Å². The van der Waals surface area contributed by atoms with E-state index >= 15 is 0 Å². The Bertz CT molecular complexity index is 1630. The van der Waals surface area contributed by atoms with Crippen LogP contribution in [0.2, 0.25) is 0 Å². The quantitative estimate of drug-likeness (QED) is 0.245. The Morgan fingerprint density at radius 1 is 1.05 bits per heavy atom. The molecule has 0 aliphatic carbocycles. The number of nitro benzene ring substituents is 1. The number of carbonyl (C=O) groups is 2. The van der Waals surface area contributed by atoms with Crippen LogP contribution in [0.3, 0.4) is 0 Å². The molecule has 0 bridgehead atoms. The van der Waals surface area contributed by atoms with Crippen LogP contribution >= 0.6 is 11.8 Å². The lowest BCUT2D eigenvalue weighted by atomic mass is 9.84. The highest BCUT2D eigenvalue weighted by molar-refractivity contribution is 8.02. The first-order valence-electron chi connectivity index (χ1n) is 13.0. The highest BCUT2D eigenvalue weighted by Gasteiger charge is 2.72. The molecule has 4 atom stereocenters. The van der Waals surface area contributed by atoms with Crippen molar-refractivity contribution in [2.45, 2.75) is 29.7 Å². The van der Waals surface area contributed by atoms with E-state index in [0.29, 0.717) is 11.4 Å². The summed E-state index contributed by atoms with van der Waals surface area (Å²) in [5.41, 5.74) is 3.72. The van der Waals surface area contributed by atoms with Crippen LogP contribution in [0.25, 0.3) is 0 Å². The number of nitrogens with zero attached hydrogens (tertiary/aromatic N) is 5. The van der Waals surface area contributed by atoms with Crippen molar-refractivity contribution in [2.75, 3.05) is 16.6 Å². The van der Waals surface area contributed by atoms with Gasteiger partial charge in [0.05, 0.1) is 28.3 Å². The Morgan fingerprint density at radius 2 is 1.73 bits per heavy atom. The summed E-state index contributed by atoms with van der Waals surface area (Å²) < 4.78 is 10.4. The van der Waals surface area contributed by atoms with E-state index in [1.54, 1.807) is 17.1 Å². The van der Waals surface area contributed by atoms with Gasteiger partial charge in [-0.05, 0) is 36.8 Å². The van der Waals surface area contributed by atoms with Crippen molar-refractivity contribution in [3.63, 3.8) is 0 Å². The Labute approximate surface area is 238 Å². The molecule has 0 amide bonds. The molecule has 41 heavy (non-hydrogen) atoms. The van der Waals surface area contributed by atoms with Crippen molar-refractivity contribution in [3.05, 3.63) is 100 Å². The lowest BCUT2D eigenvalue weighted by Gasteiger charge is -2.31. The van der Waals surface area contributed by atoms with Crippen LogP contribution in [0.5, 0.6) is 0 Å². The molecule has 4 aliphatic heterocycles. The molecule has 4 aliphatic rings. The monoisotopic (exact) mass is 569 g/mol. The third-order valence-electron chi connectivity index (χ3n) is 7.76. The molecule has 0 N–H and O–H groups in total. The Morgan fingerprint density at radius 3 is 2.44 bits per heavy atom. The van der Waals surface area contributed by atoms with Gasteiger partial charge < -0.3 is 9.47 Å². The number of esters is 2. The standard InChI is InChI=1S/C29H23N5O6S/c1-17-7-9-19(10-8-17)32-25-22-23(27(35)39-15-18-5-3-2-4-6-18)30-33(20-11-13-21(14-12-20)34(37)38)26(22)41-29(25)16-40-28(36)24(29)31-32/h2-14,22,25-26H,15-16H2,1H3/t22-,25-,26+,29-/m1/s1. The smallest absolute Gasteiger partial charge is 0.356 e. The number of aryl methyl sites for hydroxylation is 1. The highest BCUT2D eigenvalue weighted by atomic mass is 32.2. The molecule has 2 fully saturated rings. The molecule has 0 saturated carbocycles. The molecule has 2 saturated heterocycles. The number of hydrazone groups is 2. The van der Waals surface area contributed by atoms with E-state index in [9.17, 15) is 19.7 Å². The predicted octanol–water partition coefficient (Wildman–Crippen LogP) is 4.05. The Kier molecular flexibility index (Phi) is 5.82. The van der Waals surface area contributed by atoms with Gasteiger partial charge in [0.15, 0.2) is 11.4 Å². The number of carbonyl (C=O) groups excluding carboxylic acids is 2. The van der Waals surface area contributed by atoms with E-state index in [-0.39, 0.29) is 24.6 Å². The Balaban J connectivity index is 1.30. The normalized spacial score (nSPS) is 25.7. The summed E-state index contributed by atoms with van der Waals surface area (Å²) in [6.45, 7) is 2.17. The fraction of sp³-hybridized carbons (Fsp3) is 0.241. The zero-order chi connectivity index (χ0) is 28.3. The second-order valence-electron chi connectivity index (χ2n) is 10.2. The van der Waals surface area contributed by atoms with Gasteiger partial charge in [-0.15, -0.1) is 11.8 Å². The Hall–Kier alpha value is -4.71. The fourth-order valence-electron chi connectivity index (χ4n) is 5.79. The van der Waals surface area contributed by atoms with Crippen LogP contribution in [-0.2, 0) is 25.7 Å². The first kappa shape index (κ1) is 25.3. The van der Waals surface area contributed by atoms with Gasteiger partial charge in [0, 0.05) is 12.1 Å². The second-order valence-corrected chi connectivity index (χ2v) is 11.7. The predicted molar refractivity (Wildman–Crippen MR) is 153 cm³/mol. The number of non-ortho nitro benzene ring substituents is 1. The van der Waals surface area contributed by atoms with Crippen LogP contribution < -0.4 is 10.0 Å². The maximum absolute atomic E-state index is 13.7. The molecule has 3 aromatic rings. The minimum atomic E-state index is -0.836. The average molecular weight is 570 g/mol. The SMILES string of the molecule is Cc1ccc(N2N=C3C(=O)OC[C@@]34S[C@H]3[C@H](C(C(=O)OCc5ccccc5)=NN3c3ccc([N+](=O)[O-])cc3)[C@@H]24)cc1. The third kappa shape index (κ3) is 3.97. The van der Waals surface area contributed by atoms with Crippen LogP contribution in [0.1, 0.15) is 11.1 Å². The first-order valence-corrected chi connectivity index (χ1v) is 13.9. The zero-order valence-corrected chi connectivity index (χ0v) is 22.6. The molecule has 206 valence electrons. The molecule has 0 unspecified atom stereocenters. The van der Waals surface area contributed by atoms with E-state index in [1.807, 2.05) is 66.5 Å². The molecule has 0 aromatic heterocycles. The molecule has 11 nitrogen and oxygen atoms in total. The van der Waals surface area contributed by atoms with Gasteiger partial charge in [-0.2, -0.15) is 10.2 Å². The maximum Gasteiger partial charge on any atom is 0.356 e. The topological polar surface area (TPSA) is 127 Å². The molecule has 3 aromatic carbocycles. The largest absolute Gasteiger partial charge is 0.459 e. The van der Waals surface area contributed by atoms with Crippen LogP contribution in [0, 0.1) is 23.0 Å². The third-order valence-corrected chi connectivity index (χ3v) is 9.46. The number of fused-ring (bicyclic) bond motifs is 2. The summed E-state index contributed by atoms with van der Waals surface area (Å²) in [5.74, 6) is -1.58. The number of hydrogen-bond donors (Lipinski definition) is 0. The number of hydrogen-bond acceptors (Lipinski definition) is 11. The van der Waals surface area contributed by atoms with Crippen LogP contribution in [0.15, 0.2) is 89.1 Å². The van der Waals surface area contributed by atoms with Crippen molar-refractivity contribution in [1.82, 2.24) is 0 Å². The second kappa shape index (κ2) is 9.44. The number of ether oxygens (including phenoxy) is 2. The highest BCUT2D eigenvalue weighted by Crippen LogP contribution is 2.59. The minimum Gasteiger partial charge on any atom is -0.459 e. The molecule has 0 radical (unpaired) electrons. The molecular formula is C29H23N5O6S. The van der Waals surface area contributed by atoms with Gasteiger partial charge in [-0.3, -0.25) is 20.1 Å². The van der Waals surface area contributed by atoms with Crippen molar-refractivity contribution < 1.29 is 24.0 Å². The number of anilines is 2. The lowest BCUT2D eigenvalue weighted by Crippen LogP contribution is -2.50. The minimum absolute atomic E-state index is 0.0553. The van der Waals surface area contributed by atoms with E-state index in [2.05, 4.69) is 0 Å². The summed E-state index contributed by atoms with van der Waals surface area (Å²) in [6.07, 6.45) is 0. The molecule has 7 rings (SSSR count). The van der Waals surface area contributed by atoms with Crippen LogP contribution in [0.4, 0.5) is 17.1 Å². The summed E-state index contributed by atoms with van der Waals surface area (Å²) in [6, 6.07) is 22.7. The van der Waals surface area contributed by atoms with E-state index < -0.39 is 38.9 Å². The van der Waals surface area contributed by atoms with Gasteiger partial charge in [0.1, 0.15) is 23.3 Å². The fourth-order valence-corrected chi connectivity index (χ4v) is 7.67. The summed E-state index contributed by atoms with van der Waals surface area (Å²) in [7, 11) is 0. The summed E-state index contributed by atoms with van der Waals surface area (Å²) >= 11 is 1.48. The lowest BCUT2D eigenvalue weighted by molar-refractivity contribution is -0.384. The first-order chi connectivity index (χ1) is 19.9. The number of cyclic esters (lactones) is 1.